The van der Waals surface area contributed by atoms with Crippen LogP contribution < -0.4 is 10.9 Å². The predicted octanol–water partition coefficient (Wildman–Crippen LogP) is 1.10. The molecule has 0 unspecified atom stereocenters. The van der Waals surface area contributed by atoms with E-state index in [1.54, 1.807) is 36.8 Å². The van der Waals surface area contributed by atoms with Crippen molar-refractivity contribution < 1.29 is 9.90 Å². The molecule has 0 aliphatic heterocycles. The van der Waals surface area contributed by atoms with E-state index in [9.17, 15) is 14.7 Å². The van der Waals surface area contributed by atoms with Gasteiger partial charge in [0.25, 0.3) is 11.5 Å². The second-order valence-electron chi connectivity index (χ2n) is 4.65. The highest BCUT2D eigenvalue weighted by Gasteiger charge is 2.21. The molecule has 3 rings (SSSR count). The quantitative estimate of drug-likeness (QED) is 0.754. The highest BCUT2D eigenvalue weighted by Crippen LogP contribution is 2.17. The van der Waals surface area contributed by atoms with Crippen molar-refractivity contribution in [1.82, 2.24) is 19.7 Å². The van der Waals surface area contributed by atoms with Crippen molar-refractivity contribution in [3.63, 3.8) is 0 Å². The molecule has 8 heteroatoms. The van der Waals surface area contributed by atoms with Gasteiger partial charge in [0.1, 0.15) is 0 Å². The summed E-state index contributed by atoms with van der Waals surface area (Å²) < 4.78 is 1.31. The molecule has 0 aliphatic rings. The summed E-state index contributed by atoms with van der Waals surface area (Å²) in [6, 6.07) is 3.49. The van der Waals surface area contributed by atoms with Crippen LogP contribution in [0.2, 0.25) is 0 Å². The van der Waals surface area contributed by atoms with E-state index in [-0.39, 0.29) is 12.1 Å². The van der Waals surface area contributed by atoms with E-state index >= 15 is 0 Å². The van der Waals surface area contributed by atoms with Crippen LogP contribution in [-0.4, -0.2) is 25.4 Å². The third kappa shape index (κ3) is 2.44. The zero-order chi connectivity index (χ0) is 15.7. The number of nitrogens with zero attached hydrogens (tertiary/aromatic N) is 3. The minimum atomic E-state index is -0.660. The first-order chi connectivity index (χ1) is 10.6. The molecule has 0 saturated carbocycles. The van der Waals surface area contributed by atoms with Crippen LogP contribution >= 0.6 is 11.3 Å². The molecule has 0 bridgehead atoms. The monoisotopic (exact) mass is 316 g/mol. The summed E-state index contributed by atoms with van der Waals surface area (Å²) in [5.41, 5.74) is 0.575. The normalized spacial score (nSPS) is 10.8. The fraction of sp³-hybridized carbons (Fsp3) is 0.143. The Morgan fingerprint density at radius 1 is 1.41 bits per heavy atom. The predicted molar refractivity (Wildman–Crippen MR) is 81.1 cm³/mol. The summed E-state index contributed by atoms with van der Waals surface area (Å²) in [5, 5.41) is 14.2. The van der Waals surface area contributed by atoms with Gasteiger partial charge in [0.05, 0.1) is 0 Å². The standard InChI is InChI=1S/C14H12N4O3S/c1-8-7-22-14-17-12(20)10(13(21)18(8)14)11(19)16-6-9-2-4-15-5-3-9/h2-5,7,20H,6H2,1H3,(H,16,19). The number of aryl methyl sites for hydroxylation is 1. The molecule has 3 aromatic heterocycles. The van der Waals surface area contributed by atoms with Gasteiger partial charge in [0, 0.05) is 30.0 Å². The van der Waals surface area contributed by atoms with Crippen LogP contribution in [0.25, 0.3) is 4.96 Å². The molecule has 3 heterocycles. The number of aromatic hydroxyl groups is 1. The zero-order valence-electron chi connectivity index (χ0n) is 11.6. The molecule has 2 N–H and O–H groups in total. The largest absolute Gasteiger partial charge is 0.492 e. The molecule has 112 valence electrons. The van der Waals surface area contributed by atoms with E-state index in [1.165, 1.54) is 15.7 Å². The lowest BCUT2D eigenvalue weighted by atomic mass is 10.2. The Balaban J connectivity index is 1.94. The van der Waals surface area contributed by atoms with Crippen molar-refractivity contribution in [1.29, 1.82) is 0 Å². The van der Waals surface area contributed by atoms with Crippen LogP contribution in [-0.2, 0) is 6.54 Å². The lowest BCUT2D eigenvalue weighted by molar-refractivity contribution is 0.0945. The lowest BCUT2D eigenvalue weighted by Gasteiger charge is -2.06. The van der Waals surface area contributed by atoms with E-state index in [2.05, 4.69) is 15.3 Å². The van der Waals surface area contributed by atoms with Gasteiger partial charge in [-0.1, -0.05) is 0 Å². The van der Waals surface area contributed by atoms with E-state index < -0.39 is 17.3 Å². The van der Waals surface area contributed by atoms with Gasteiger partial charge >= 0.3 is 0 Å². The van der Waals surface area contributed by atoms with Crippen LogP contribution in [0.5, 0.6) is 5.88 Å². The number of amides is 1. The van der Waals surface area contributed by atoms with Crippen molar-refractivity contribution >= 4 is 22.2 Å². The van der Waals surface area contributed by atoms with E-state index in [4.69, 9.17) is 0 Å². The van der Waals surface area contributed by atoms with Crippen LogP contribution in [0.4, 0.5) is 0 Å². The van der Waals surface area contributed by atoms with Crippen molar-refractivity contribution in [3.8, 4) is 5.88 Å². The molecule has 0 aliphatic carbocycles. The summed E-state index contributed by atoms with van der Waals surface area (Å²) in [6.45, 7) is 1.97. The molecule has 0 radical (unpaired) electrons. The maximum Gasteiger partial charge on any atom is 0.275 e. The summed E-state index contributed by atoms with van der Waals surface area (Å²) in [4.78, 5) is 32.7. The van der Waals surface area contributed by atoms with Crippen molar-refractivity contribution in [2.75, 3.05) is 0 Å². The van der Waals surface area contributed by atoms with Gasteiger partial charge in [-0.05, 0) is 24.6 Å². The molecule has 0 saturated heterocycles. The zero-order valence-corrected chi connectivity index (χ0v) is 12.4. The van der Waals surface area contributed by atoms with Gasteiger partial charge in [-0.25, -0.2) is 0 Å². The molecular formula is C14H12N4O3S. The number of hydrogen-bond donors (Lipinski definition) is 2. The molecule has 22 heavy (non-hydrogen) atoms. The third-order valence-electron chi connectivity index (χ3n) is 3.15. The minimum Gasteiger partial charge on any atom is -0.492 e. The Hall–Kier alpha value is -2.74. The van der Waals surface area contributed by atoms with E-state index in [1.807, 2.05) is 0 Å². The summed E-state index contributed by atoms with van der Waals surface area (Å²) in [6.07, 6.45) is 3.21. The van der Waals surface area contributed by atoms with Crippen molar-refractivity contribution in [2.45, 2.75) is 13.5 Å². The number of aromatic nitrogens is 3. The second-order valence-corrected chi connectivity index (χ2v) is 5.49. The van der Waals surface area contributed by atoms with Gasteiger partial charge < -0.3 is 10.4 Å². The van der Waals surface area contributed by atoms with Gasteiger partial charge in [-0.15, -0.1) is 11.3 Å². The number of pyridine rings is 1. The Morgan fingerprint density at radius 3 is 2.86 bits per heavy atom. The van der Waals surface area contributed by atoms with E-state index in [0.29, 0.717) is 10.7 Å². The average Bonchev–Trinajstić information content (AvgIpc) is 2.87. The molecular weight excluding hydrogens is 304 g/mol. The van der Waals surface area contributed by atoms with Gasteiger partial charge in [0.15, 0.2) is 10.5 Å². The third-order valence-corrected chi connectivity index (χ3v) is 4.09. The smallest absolute Gasteiger partial charge is 0.275 e. The molecule has 7 nitrogen and oxygen atoms in total. The number of carbonyl (C=O) groups excluding carboxylic acids is 1. The van der Waals surface area contributed by atoms with Gasteiger partial charge in [0.2, 0.25) is 5.88 Å². The second kappa shape index (κ2) is 5.57. The first-order valence-electron chi connectivity index (χ1n) is 6.45. The molecule has 3 aromatic rings. The number of fused-ring (bicyclic) bond motifs is 1. The SMILES string of the molecule is Cc1csc2nc(O)c(C(=O)NCc3ccncc3)c(=O)n12. The number of thiazole rings is 1. The molecule has 1 amide bonds. The van der Waals surface area contributed by atoms with Crippen LogP contribution in [0.1, 0.15) is 21.6 Å². The van der Waals surface area contributed by atoms with Crippen molar-refractivity contribution in [3.05, 3.63) is 57.1 Å². The Morgan fingerprint density at radius 2 is 2.14 bits per heavy atom. The fourth-order valence-electron chi connectivity index (χ4n) is 2.04. The molecule has 0 spiro atoms. The maximum absolute atomic E-state index is 12.4. The minimum absolute atomic E-state index is 0.228. The maximum atomic E-state index is 12.4. The fourth-order valence-corrected chi connectivity index (χ4v) is 2.89. The topological polar surface area (TPSA) is 96.6 Å². The van der Waals surface area contributed by atoms with Crippen LogP contribution in [0.15, 0.2) is 34.7 Å². The van der Waals surface area contributed by atoms with Gasteiger partial charge in [-0.2, -0.15) is 4.98 Å². The molecule has 0 fully saturated rings. The Labute approximate surface area is 128 Å². The number of rotatable bonds is 3. The van der Waals surface area contributed by atoms with Crippen molar-refractivity contribution in [2.24, 2.45) is 0 Å². The van der Waals surface area contributed by atoms with E-state index in [0.717, 1.165) is 5.56 Å². The summed E-state index contributed by atoms with van der Waals surface area (Å²) in [7, 11) is 0. The first kappa shape index (κ1) is 14.2. The Kier molecular flexibility index (Phi) is 3.60. The summed E-state index contributed by atoms with van der Waals surface area (Å²) >= 11 is 1.23. The molecule has 0 atom stereocenters. The number of carbonyl (C=O) groups is 1. The first-order valence-corrected chi connectivity index (χ1v) is 7.33. The van der Waals surface area contributed by atoms with Crippen LogP contribution in [0, 0.1) is 6.92 Å². The average molecular weight is 316 g/mol. The Bertz CT molecular complexity index is 902. The molecule has 0 aromatic carbocycles. The number of hydrogen-bond acceptors (Lipinski definition) is 6. The van der Waals surface area contributed by atoms with Gasteiger partial charge in [-0.3, -0.25) is 19.0 Å². The highest BCUT2D eigenvalue weighted by atomic mass is 32.1. The number of nitrogens with one attached hydrogen (secondary N) is 1. The lowest BCUT2D eigenvalue weighted by Crippen LogP contribution is -2.31. The highest BCUT2D eigenvalue weighted by molar-refractivity contribution is 7.15. The van der Waals surface area contributed by atoms with Crippen LogP contribution in [0.3, 0.4) is 0 Å². The summed E-state index contributed by atoms with van der Waals surface area (Å²) in [5.74, 6) is -1.22.